The molecule has 6 heteroatoms. The van der Waals surface area contributed by atoms with Crippen molar-refractivity contribution in [2.45, 2.75) is 31.6 Å². The lowest BCUT2D eigenvalue weighted by Gasteiger charge is -2.23. The molecule has 2 fully saturated rings. The fourth-order valence-corrected chi connectivity index (χ4v) is 4.36. The normalized spacial score (nSPS) is 22.7. The SMILES string of the molecule is CS(=O)(=O)Cc1ccc(CNC(=O)C2CC23CCNCC3)cc1. The van der Waals surface area contributed by atoms with Crippen LogP contribution < -0.4 is 10.6 Å². The van der Waals surface area contributed by atoms with E-state index >= 15 is 0 Å². The third-order valence-corrected chi connectivity index (χ3v) is 5.88. The van der Waals surface area contributed by atoms with Gasteiger partial charge in [0.25, 0.3) is 0 Å². The second-order valence-corrected chi connectivity index (χ2v) is 9.11. The zero-order valence-electron chi connectivity index (χ0n) is 13.5. The number of piperidine rings is 1. The van der Waals surface area contributed by atoms with Crippen LogP contribution in [0.1, 0.15) is 30.4 Å². The summed E-state index contributed by atoms with van der Waals surface area (Å²) in [6.45, 7) is 2.54. The monoisotopic (exact) mass is 336 g/mol. The van der Waals surface area contributed by atoms with Crippen molar-refractivity contribution >= 4 is 15.7 Å². The standard InChI is InChI=1S/C17H24N2O3S/c1-23(21,22)12-14-4-2-13(3-5-14)11-19-16(20)15-10-17(15)6-8-18-9-7-17/h2-5,15,18H,6-12H2,1H3,(H,19,20). The number of nitrogens with one attached hydrogen (secondary N) is 2. The van der Waals surface area contributed by atoms with Crippen LogP contribution in [0.5, 0.6) is 0 Å². The first kappa shape index (κ1) is 16.5. The Hall–Kier alpha value is -1.40. The van der Waals surface area contributed by atoms with Gasteiger partial charge in [-0.1, -0.05) is 24.3 Å². The van der Waals surface area contributed by atoms with Crippen LogP contribution in [0.25, 0.3) is 0 Å². The van der Waals surface area contributed by atoms with E-state index in [1.807, 2.05) is 24.3 Å². The van der Waals surface area contributed by atoms with Crippen LogP contribution >= 0.6 is 0 Å². The van der Waals surface area contributed by atoms with Gasteiger partial charge in [0.15, 0.2) is 9.84 Å². The summed E-state index contributed by atoms with van der Waals surface area (Å²) in [4.78, 5) is 12.3. The molecule has 1 aliphatic carbocycles. The number of carbonyl (C=O) groups is 1. The molecule has 1 heterocycles. The highest BCUT2D eigenvalue weighted by molar-refractivity contribution is 7.89. The molecule has 5 nitrogen and oxygen atoms in total. The maximum Gasteiger partial charge on any atom is 0.223 e. The predicted octanol–water partition coefficient (Wildman–Crippen LogP) is 1.24. The molecule has 23 heavy (non-hydrogen) atoms. The molecule has 1 unspecified atom stereocenters. The summed E-state index contributed by atoms with van der Waals surface area (Å²) in [6, 6.07) is 7.39. The first-order valence-electron chi connectivity index (χ1n) is 8.12. The van der Waals surface area contributed by atoms with Crippen LogP contribution in [-0.4, -0.2) is 33.7 Å². The molecule has 2 aliphatic rings. The van der Waals surface area contributed by atoms with Crippen molar-refractivity contribution in [2.75, 3.05) is 19.3 Å². The van der Waals surface area contributed by atoms with Gasteiger partial charge >= 0.3 is 0 Å². The molecule has 1 saturated carbocycles. The van der Waals surface area contributed by atoms with E-state index in [1.165, 1.54) is 6.26 Å². The first-order valence-corrected chi connectivity index (χ1v) is 10.2. The summed E-state index contributed by atoms with van der Waals surface area (Å²) in [5, 5.41) is 6.37. The number of amides is 1. The van der Waals surface area contributed by atoms with Gasteiger partial charge in [0, 0.05) is 18.7 Å². The number of hydrogen-bond acceptors (Lipinski definition) is 4. The second kappa shape index (κ2) is 6.24. The average Bonchev–Trinajstić information content (AvgIpc) is 3.19. The lowest BCUT2D eigenvalue weighted by atomic mass is 9.92. The Morgan fingerprint density at radius 2 is 1.83 bits per heavy atom. The van der Waals surface area contributed by atoms with Crippen molar-refractivity contribution in [1.29, 1.82) is 0 Å². The van der Waals surface area contributed by atoms with Gasteiger partial charge in [0.1, 0.15) is 0 Å². The maximum absolute atomic E-state index is 12.3. The molecule has 0 bridgehead atoms. The van der Waals surface area contributed by atoms with E-state index in [0.717, 1.165) is 43.5 Å². The van der Waals surface area contributed by atoms with Gasteiger partial charge in [0.2, 0.25) is 5.91 Å². The van der Waals surface area contributed by atoms with Crippen molar-refractivity contribution in [3.05, 3.63) is 35.4 Å². The molecule has 1 amide bonds. The summed E-state index contributed by atoms with van der Waals surface area (Å²) in [5.74, 6) is 0.388. The summed E-state index contributed by atoms with van der Waals surface area (Å²) >= 11 is 0. The Morgan fingerprint density at radius 1 is 1.22 bits per heavy atom. The van der Waals surface area contributed by atoms with Crippen molar-refractivity contribution < 1.29 is 13.2 Å². The van der Waals surface area contributed by atoms with Crippen LogP contribution in [0.15, 0.2) is 24.3 Å². The molecule has 0 aromatic heterocycles. The van der Waals surface area contributed by atoms with Crippen LogP contribution in [0.3, 0.4) is 0 Å². The highest BCUT2D eigenvalue weighted by atomic mass is 32.2. The van der Waals surface area contributed by atoms with Crippen LogP contribution in [0.4, 0.5) is 0 Å². The van der Waals surface area contributed by atoms with Crippen molar-refractivity contribution in [1.82, 2.24) is 10.6 Å². The molecular weight excluding hydrogens is 312 g/mol. The summed E-state index contributed by atoms with van der Waals surface area (Å²) in [6.07, 6.45) is 4.46. The maximum atomic E-state index is 12.3. The number of carbonyl (C=O) groups excluding carboxylic acids is 1. The molecule has 1 saturated heterocycles. The molecule has 2 N–H and O–H groups in total. The number of hydrogen-bond donors (Lipinski definition) is 2. The Labute approximate surface area is 137 Å². The fourth-order valence-electron chi connectivity index (χ4n) is 3.56. The average molecular weight is 336 g/mol. The highest BCUT2D eigenvalue weighted by Crippen LogP contribution is 2.58. The van der Waals surface area contributed by atoms with Gasteiger partial charge in [-0.3, -0.25) is 4.79 Å². The topological polar surface area (TPSA) is 75.3 Å². The molecule has 0 radical (unpaired) electrons. The largest absolute Gasteiger partial charge is 0.352 e. The van der Waals surface area contributed by atoms with Gasteiger partial charge in [0.05, 0.1) is 5.75 Å². The zero-order chi connectivity index (χ0) is 16.5. The zero-order valence-corrected chi connectivity index (χ0v) is 14.3. The van der Waals surface area contributed by atoms with E-state index in [2.05, 4.69) is 10.6 Å². The quantitative estimate of drug-likeness (QED) is 0.848. The van der Waals surface area contributed by atoms with Gasteiger partial charge in [-0.05, 0) is 48.9 Å². The van der Waals surface area contributed by atoms with E-state index in [-0.39, 0.29) is 23.0 Å². The molecule has 1 aromatic carbocycles. The number of benzene rings is 1. The fraction of sp³-hybridized carbons (Fsp3) is 0.588. The smallest absolute Gasteiger partial charge is 0.223 e. The van der Waals surface area contributed by atoms with Crippen molar-refractivity contribution in [2.24, 2.45) is 11.3 Å². The van der Waals surface area contributed by atoms with Crippen molar-refractivity contribution in [3.8, 4) is 0 Å². The Kier molecular flexibility index (Phi) is 4.47. The van der Waals surface area contributed by atoms with E-state index < -0.39 is 9.84 Å². The van der Waals surface area contributed by atoms with Gasteiger partial charge < -0.3 is 10.6 Å². The third-order valence-electron chi connectivity index (χ3n) is 5.02. The predicted molar refractivity (Wildman–Crippen MR) is 89.5 cm³/mol. The molecule has 1 spiro atoms. The molecule has 126 valence electrons. The molecule has 3 rings (SSSR count). The molecule has 1 aromatic rings. The lowest BCUT2D eigenvalue weighted by Crippen LogP contribution is -2.33. The van der Waals surface area contributed by atoms with Gasteiger partial charge in [-0.25, -0.2) is 8.42 Å². The number of sulfone groups is 1. The van der Waals surface area contributed by atoms with Crippen LogP contribution in [0, 0.1) is 11.3 Å². The lowest BCUT2D eigenvalue weighted by molar-refractivity contribution is -0.123. The third kappa shape index (κ3) is 4.12. The molecule has 1 aliphatic heterocycles. The summed E-state index contributed by atoms with van der Waals surface area (Å²) in [7, 11) is -3.01. The van der Waals surface area contributed by atoms with E-state index in [0.29, 0.717) is 6.54 Å². The van der Waals surface area contributed by atoms with Crippen molar-refractivity contribution in [3.63, 3.8) is 0 Å². The summed E-state index contributed by atoms with van der Waals surface area (Å²) < 4.78 is 22.5. The minimum Gasteiger partial charge on any atom is -0.352 e. The van der Waals surface area contributed by atoms with E-state index in [9.17, 15) is 13.2 Å². The molecule has 1 atom stereocenters. The first-order chi connectivity index (χ1) is 10.9. The molecular formula is C17H24N2O3S. The minimum absolute atomic E-state index is 0.0538. The van der Waals surface area contributed by atoms with Crippen LogP contribution in [-0.2, 0) is 26.9 Å². The van der Waals surface area contributed by atoms with E-state index in [1.54, 1.807) is 0 Å². The minimum atomic E-state index is -3.01. The number of rotatable bonds is 5. The van der Waals surface area contributed by atoms with Gasteiger partial charge in [-0.2, -0.15) is 0 Å². The Morgan fingerprint density at radius 3 is 2.43 bits per heavy atom. The summed E-state index contributed by atoms with van der Waals surface area (Å²) in [5.41, 5.74) is 2.03. The highest BCUT2D eigenvalue weighted by Gasteiger charge is 2.57. The second-order valence-electron chi connectivity index (χ2n) is 6.97. The van der Waals surface area contributed by atoms with E-state index in [4.69, 9.17) is 0 Å². The Bertz CT molecular complexity index is 676. The Balaban J connectivity index is 1.50. The van der Waals surface area contributed by atoms with Crippen LogP contribution in [0.2, 0.25) is 0 Å². The van der Waals surface area contributed by atoms with Gasteiger partial charge in [-0.15, -0.1) is 0 Å².